The molecule has 4 rings (SSSR count). The van der Waals surface area contributed by atoms with Crippen LogP contribution in [0.15, 0.2) is 91.0 Å². The van der Waals surface area contributed by atoms with Crippen LogP contribution in [0, 0.1) is 0 Å². The number of hydrogen-bond acceptors (Lipinski definition) is 3. The van der Waals surface area contributed by atoms with E-state index in [1.54, 1.807) is 0 Å². The van der Waals surface area contributed by atoms with Gasteiger partial charge in [0.2, 0.25) is 0 Å². The van der Waals surface area contributed by atoms with Gasteiger partial charge in [-0.2, -0.15) is 0 Å². The van der Waals surface area contributed by atoms with E-state index in [1.807, 2.05) is 0 Å². The van der Waals surface area contributed by atoms with E-state index in [4.69, 9.17) is 0 Å². The number of nitrogens with zero attached hydrogens (tertiary/aromatic N) is 3. The van der Waals surface area contributed by atoms with Crippen molar-refractivity contribution in [3.63, 3.8) is 0 Å². The molecule has 0 aliphatic carbocycles. The fourth-order valence-electron chi connectivity index (χ4n) is 6.35. The Balaban J connectivity index is 1.98. The van der Waals surface area contributed by atoms with E-state index in [0.29, 0.717) is 20.9 Å². The summed E-state index contributed by atoms with van der Waals surface area (Å²) in [5.41, 5.74) is 4.05. The lowest BCUT2D eigenvalue weighted by Gasteiger charge is -2.58. The van der Waals surface area contributed by atoms with Gasteiger partial charge in [0.25, 0.3) is 0 Å². The van der Waals surface area contributed by atoms with Crippen molar-refractivity contribution in [1.82, 2.24) is 0 Å². The Labute approximate surface area is 262 Å². The topological polar surface area (TPSA) is 9.72 Å². The lowest BCUT2D eigenvalue weighted by atomic mass is 9.39. The van der Waals surface area contributed by atoms with E-state index >= 15 is 0 Å². The number of hydrogen-bond donors (Lipinski definition) is 0. The van der Waals surface area contributed by atoms with Crippen LogP contribution in [0.2, 0.25) is 96.0 Å². The molecule has 1 fully saturated rings. The monoisotopic (exact) mass is 609 g/mol. The van der Waals surface area contributed by atoms with Crippen molar-refractivity contribution in [2.45, 2.75) is 96.0 Å². The van der Waals surface area contributed by atoms with Gasteiger partial charge >= 0.3 is 20.9 Å². The van der Waals surface area contributed by atoms with Crippen LogP contribution in [0.25, 0.3) is 0 Å². The van der Waals surface area contributed by atoms with Crippen molar-refractivity contribution in [1.29, 1.82) is 0 Å². The van der Waals surface area contributed by atoms with Gasteiger partial charge in [-0.3, -0.25) is 0 Å². The smallest absolute Gasteiger partial charge is 0.352 e. The zero-order valence-corrected chi connectivity index (χ0v) is 31.0. The first kappa shape index (κ1) is 32.8. The minimum atomic E-state index is -1.28. The summed E-state index contributed by atoms with van der Waals surface area (Å²) < 4.78 is 8.52. The Morgan fingerprint density at radius 2 is 0.595 bits per heavy atom. The van der Waals surface area contributed by atoms with E-state index in [0.717, 1.165) is 0 Å². The summed E-state index contributed by atoms with van der Waals surface area (Å²) in [6, 6.07) is 38.0. The van der Waals surface area contributed by atoms with Crippen LogP contribution in [0.3, 0.4) is 0 Å². The minimum Gasteiger partial charge on any atom is -0.425 e. The second kappa shape index (κ2) is 13.7. The second-order valence-corrected chi connectivity index (χ2v) is 32.8. The number of para-hydroxylation sites is 3. The molecule has 1 aliphatic rings. The molecule has 0 amide bonds. The highest BCUT2D eigenvalue weighted by Gasteiger charge is 2.53. The first-order valence-electron chi connectivity index (χ1n) is 16.2. The first-order valence-corrected chi connectivity index (χ1v) is 27.4. The number of anilines is 3. The third-order valence-electron chi connectivity index (χ3n) is 8.55. The summed E-state index contributed by atoms with van der Waals surface area (Å²) in [5, 5.41) is 0. The third kappa shape index (κ3) is 8.96. The van der Waals surface area contributed by atoms with Crippen LogP contribution < -0.4 is 14.2 Å². The lowest BCUT2D eigenvalue weighted by Crippen LogP contribution is -2.79. The molecule has 222 valence electrons. The quantitative estimate of drug-likeness (QED) is 0.189. The molecular formula is C33H54B3N3Si3. The molecule has 1 heterocycles. The van der Waals surface area contributed by atoms with Crippen LogP contribution in [0.4, 0.5) is 17.1 Å². The van der Waals surface area contributed by atoms with Gasteiger partial charge in [-0.1, -0.05) is 132 Å². The van der Waals surface area contributed by atoms with E-state index in [1.165, 1.54) is 54.2 Å². The average Bonchev–Trinajstić information content (AvgIpc) is 2.93. The SMILES string of the molecule is C[Si](C)(C)CCB1N(c2ccccc2)B(CC[Si](C)(C)C)N(c2ccccc2)B(CC[Si](C)(C)C)N1c1ccccc1. The minimum absolute atomic E-state index is 0.305. The highest BCUT2D eigenvalue weighted by molar-refractivity contribution is 7.06. The van der Waals surface area contributed by atoms with Crippen molar-refractivity contribution < 1.29 is 0 Å². The molecule has 0 saturated carbocycles. The molecule has 9 heteroatoms. The van der Waals surface area contributed by atoms with Gasteiger partial charge in [0.05, 0.1) is 0 Å². The van der Waals surface area contributed by atoms with E-state index in [2.05, 4.69) is 164 Å². The van der Waals surface area contributed by atoms with Gasteiger partial charge in [-0.25, -0.2) is 0 Å². The Hall–Kier alpha value is -2.09. The van der Waals surface area contributed by atoms with Gasteiger partial charge in [0.15, 0.2) is 0 Å². The Kier molecular flexibility index (Phi) is 10.7. The normalized spacial score (nSPS) is 15.1. The molecule has 0 N–H and O–H groups in total. The van der Waals surface area contributed by atoms with Gasteiger partial charge < -0.3 is 14.2 Å². The summed E-state index contributed by atoms with van der Waals surface area (Å²) in [6.07, 6.45) is 3.57. The van der Waals surface area contributed by atoms with Crippen molar-refractivity contribution >= 4 is 62.2 Å². The standard InChI is InChI=1S/C33H54B3N3Si3/c1-40(2,3)28-25-34-37(31-19-13-10-14-20-31)35(26-29-41(4,5)6)39(33-23-17-12-18-24-33)36(27-30-42(7,8)9)38(34)32-21-15-11-16-22-32/h10-24H,25-30H2,1-9H3. The highest BCUT2D eigenvalue weighted by Crippen LogP contribution is 2.39. The Bertz CT molecular complexity index is 1060. The van der Waals surface area contributed by atoms with E-state index in [-0.39, 0.29) is 0 Å². The summed E-state index contributed by atoms with van der Waals surface area (Å²) in [7, 11) is -3.83. The highest BCUT2D eigenvalue weighted by atomic mass is 28.3. The maximum Gasteiger partial charge on any atom is 0.352 e. The van der Waals surface area contributed by atoms with Crippen LogP contribution in [0.5, 0.6) is 0 Å². The summed E-state index contributed by atoms with van der Waals surface area (Å²) in [5.74, 6) is 0. The van der Waals surface area contributed by atoms with Crippen LogP contribution in [0.1, 0.15) is 0 Å². The molecule has 42 heavy (non-hydrogen) atoms. The zero-order chi connectivity index (χ0) is 30.5. The maximum absolute atomic E-state index is 2.84. The molecule has 0 unspecified atom stereocenters. The van der Waals surface area contributed by atoms with E-state index in [9.17, 15) is 0 Å². The Morgan fingerprint density at radius 3 is 0.786 bits per heavy atom. The molecule has 0 bridgehead atoms. The molecule has 3 aromatic carbocycles. The van der Waals surface area contributed by atoms with Crippen LogP contribution >= 0.6 is 0 Å². The molecule has 3 nitrogen and oxygen atoms in total. The molecule has 1 aliphatic heterocycles. The first-order chi connectivity index (χ1) is 19.7. The predicted octanol–water partition coefficient (Wildman–Crippen LogP) is 10.00. The number of rotatable bonds is 12. The molecule has 0 atom stereocenters. The maximum atomic E-state index is 2.84. The van der Waals surface area contributed by atoms with Crippen LogP contribution in [-0.2, 0) is 0 Å². The Morgan fingerprint density at radius 1 is 0.381 bits per heavy atom. The van der Waals surface area contributed by atoms with Gasteiger partial charge in [0, 0.05) is 41.3 Å². The van der Waals surface area contributed by atoms with Crippen LogP contribution in [-0.4, -0.2) is 45.2 Å². The largest absolute Gasteiger partial charge is 0.425 e. The second-order valence-electron chi connectivity index (χ2n) is 16.0. The van der Waals surface area contributed by atoms with Gasteiger partial charge in [-0.15, -0.1) is 0 Å². The summed E-state index contributed by atoms with van der Waals surface area (Å²) in [4.78, 5) is 0. The molecule has 0 radical (unpaired) electrons. The van der Waals surface area contributed by atoms with Crippen molar-refractivity contribution in [3.8, 4) is 0 Å². The molecule has 0 aromatic heterocycles. The van der Waals surface area contributed by atoms with Crippen molar-refractivity contribution in [2.24, 2.45) is 0 Å². The van der Waals surface area contributed by atoms with Crippen molar-refractivity contribution in [3.05, 3.63) is 91.0 Å². The summed E-state index contributed by atoms with van der Waals surface area (Å²) >= 11 is 0. The van der Waals surface area contributed by atoms with Gasteiger partial charge in [-0.05, 0) is 55.4 Å². The van der Waals surface area contributed by atoms with E-state index < -0.39 is 24.2 Å². The fourth-order valence-corrected chi connectivity index (χ4v) is 9.72. The summed E-state index contributed by atoms with van der Waals surface area (Å²) in [6.45, 7) is 23.8. The number of benzene rings is 3. The lowest BCUT2D eigenvalue weighted by molar-refractivity contribution is 1.13. The van der Waals surface area contributed by atoms with Gasteiger partial charge in [0.1, 0.15) is 0 Å². The average molecular weight is 610 g/mol. The molecule has 0 spiro atoms. The molecular weight excluding hydrogens is 555 g/mol. The molecule has 3 aromatic rings. The molecule has 1 saturated heterocycles. The third-order valence-corrected chi connectivity index (χ3v) is 13.9. The predicted molar refractivity (Wildman–Crippen MR) is 203 cm³/mol. The van der Waals surface area contributed by atoms with Crippen molar-refractivity contribution in [2.75, 3.05) is 14.2 Å². The zero-order valence-electron chi connectivity index (χ0n) is 28.0. The fraction of sp³-hybridized carbons (Fsp3) is 0.455.